The zero-order valence-corrected chi connectivity index (χ0v) is 22.3. The summed E-state index contributed by atoms with van der Waals surface area (Å²) in [5.74, 6) is -0.329. The molecule has 1 saturated heterocycles. The van der Waals surface area contributed by atoms with Crippen molar-refractivity contribution >= 4 is 67.9 Å². The highest BCUT2D eigenvalue weighted by molar-refractivity contribution is 8.18. The molecule has 0 aliphatic carbocycles. The Morgan fingerprint density at radius 2 is 1.75 bits per heavy atom. The summed E-state index contributed by atoms with van der Waals surface area (Å²) in [6.45, 7) is 3.84. The second kappa shape index (κ2) is 11.0. The molecule has 0 aromatic heterocycles. The van der Waals surface area contributed by atoms with E-state index in [-0.39, 0.29) is 33.9 Å². The number of aryl methyl sites for hydroxylation is 1. The van der Waals surface area contributed by atoms with Crippen LogP contribution < -0.4 is 14.2 Å². The number of hydrogen-bond acceptors (Lipinski definition) is 7. The first-order valence-electron chi connectivity index (χ1n) is 10.7. The predicted molar refractivity (Wildman–Crippen MR) is 144 cm³/mol. The maximum Gasteiger partial charge on any atom is 0.339 e. The summed E-state index contributed by atoms with van der Waals surface area (Å²) in [6, 6.07) is 16.2. The summed E-state index contributed by atoms with van der Waals surface area (Å²) in [5.41, 5.74) is 2.07. The van der Waals surface area contributed by atoms with Crippen molar-refractivity contribution in [1.29, 1.82) is 0 Å². The van der Waals surface area contributed by atoms with Crippen molar-refractivity contribution in [3.63, 3.8) is 0 Å². The fraction of sp³-hybridized carbons (Fsp3) is 0.120. The van der Waals surface area contributed by atoms with Gasteiger partial charge >= 0.3 is 10.1 Å². The molecule has 1 N–H and O–H groups in total. The first-order valence-corrected chi connectivity index (χ1v) is 13.7. The van der Waals surface area contributed by atoms with Gasteiger partial charge in [-0.25, -0.2) is 4.99 Å². The molecule has 0 radical (unpaired) electrons. The van der Waals surface area contributed by atoms with Crippen LogP contribution in [0.3, 0.4) is 0 Å². The number of ether oxygens (including phenoxy) is 1. The summed E-state index contributed by atoms with van der Waals surface area (Å²) in [4.78, 5) is 17.3. The van der Waals surface area contributed by atoms with Crippen LogP contribution in [0.1, 0.15) is 18.1 Å². The van der Waals surface area contributed by atoms with Gasteiger partial charge in [-0.05, 0) is 85.8 Å². The van der Waals surface area contributed by atoms with Gasteiger partial charge in [-0.15, -0.1) is 0 Å². The van der Waals surface area contributed by atoms with Crippen molar-refractivity contribution in [1.82, 2.24) is 5.32 Å². The monoisotopic (exact) mass is 562 g/mol. The molecule has 1 amide bonds. The standard InChI is InChI=1S/C25H20Cl2N2O5S2/c1-3-33-21-13-16(12-20(27)23(21)34-36(31,32)19-10-4-15(2)5-11-19)14-22-24(30)29-25(35-22)28-18-8-6-17(26)7-9-18/h4-14H,3H2,1-2H3,(H,28,29,30)/b22-14-. The quantitative estimate of drug-likeness (QED) is 0.266. The van der Waals surface area contributed by atoms with Crippen molar-refractivity contribution in [2.45, 2.75) is 18.7 Å². The summed E-state index contributed by atoms with van der Waals surface area (Å²) in [5, 5.41) is 3.72. The van der Waals surface area contributed by atoms with E-state index < -0.39 is 10.1 Å². The molecule has 0 unspecified atom stereocenters. The van der Waals surface area contributed by atoms with Crippen LogP contribution in [-0.2, 0) is 14.9 Å². The van der Waals surface area contributed by atoms with Crippen LogP contribution in [0.4, 0.5) is 5.69 Å². The minimum Gasteiger partial charge on any atom is -0.490 e. The third-order valence-electron chi connectivity index (χ3n) is 4.84. The molecule has 1 fully saturated rings. The number of carbonyl (C=O) groups is 1. The summed E-state index contributed by atoms with van der Waals surface area (Å²) < 4.78 is 36.6. The smallest absolute Gasteiger partial charge is 0.339 e. The fourth-order valence-corrected chi connectivity index (χ4v) is 5.37. The van der Waals surface area contributed by atoms with Crippen LogP contribution in [0.15, 0.2) is 75.5 Å². The molecule has 0 spiro atoms. The third-order valence-corrected chi connectivity index (χ3v) is 7.52. The highest BCUT2D eigenvalue weighted by Gasteiger charge is 2.26. The van der Waals surface area contributed by atoms with Crippen LogP contribution in [0.2, 0.25) is 10.0 Å². The average Bonchev–Trinajstić information content (AvgIpc) is 3.16. The molecule has 4 rings (SSSR count). The first kappa shape index (κ1) is 26.1. The number of halogens is 2. The Morgan fingerprint density at radius 3 is 2.42 bits per heavy atom. The lowest BCUT2D eigenvalue weighted by Crippen LogP contribution is -2.19. The maximum atomic E-state index is 12.8. The van der Waals surface area contributed by atoms with Gasteiger partial charge in [0, 0.05) is 5.02 Å². The molecule has 7 nitrogen and oxygen atoms in total. The number of thioether (sulfide) groups is 1. The van der Waals surface area contributed by atoms with Gasteiger partial charge in [0.15, 0.2) is 10.9 Å². The fourth-order valence-electron chi connectivity index (χ4n) is 3.14. The van der Waals surface area contributed by atoms with E-state index in [0.717, 1.165) is 17.3 Å². The number of hydrogen-bond donors (Lipinski definition) is 1. The number of rotatable bonds is 7. The lowest BCUT2D eigenvalue weighted by molar-refractivity contribution is -0.115. The SMILES string of the molecule is CCOc1cc(/C=C2\SC(=Nc3ccc(Cl)cc3)NC2=O)cc(Cl)c1OS(=O)(=O)c1ccc(C)cc1. The Labute approximate surface area is 223 Å². The van der Waals surface area contributed by atoms with Gasteiger partial charge in [0.25, 0.3) is 5.91 Å². The molecular formula is C25H20Cl2N2O5S2. The second-order valence-corrected chi connectivity index (χ2v) is 11.0. The molecule has 0 bridgehead atoms. The molecule has 1 aliphatic rings. The summed E-state index contributed by atoms with van der Waals surface area (Å²) >= 11 is 13.5. The minimum atomic E-state index is -4.15. The predicted octanol–water partition coefficient (Wildman–Crippen LogP) is 6.36. The Bertz CT molecular complexity index is 1470. The van der Waals surface area contributed by atoms with Crippen molar-refractivity contribution in [2.75, 3.05) is 6.61 Å². The van der Waals surface area contributed by atoms with Gasteiger partial charge in [-0.3, -0.25) is 4.79 Å². The van der Waals surface area contributed by atoms with E-state index in [0.29, 0.717) is 26.3 Å². The average molecular weight is 563 g/mol. The molecular weight excluding hydrogens is 543 g/mol. The van der Waals surface area contributed by atoms with Gasteiger partial charge in [0.1, 0.15) is 4.90 Å². The van der Waals surface area contributed by atoms with E-state index >= 15 is 0 Å². The minimum absolute atomic E-state index is 0.00987. The zero-order valence-electron chi connectivity index (χ0n) is 19.1. The first-order chi connectivity index (χ1) is 17.1. The van der Waals surface area contributed by atoms with E-state index in [4.69, 9.17) is 32.1 Å². The van der Waals surface area contributed by atoms with Crippen molar-refractivity contribution in [3.8, 4) is 11.5 Å². The van der Waals surface area contributed by atoms with Gasteiger partial charge in [0.05, 0.1) is 22.2 Å². The van der Waals surface area contributed by atoms with Crippen LogP contribution in [0.25, 0.3) is 6.08 Å². The maximum absolute atomic E-state index is 12.8. The van der Waals surface area contributed by atoms with Crippen LogP contribution in [-0.4, -0.2) is 26.1 Å². The van der Waals surface area contributed by atoms with Crippen LogP contribution >= 0.6 is 35.0 Å². The van der Waals surface area contributed by atoms with Gasteiger partial charge in [0.2, 0.25) is 5.75 Å². The molecule has 3 aromatic rings. The van der Waals surface area contributed by atoms with Gasteiger partial charge < -0.3 is 14.2 Å². The number of benzene rings is 3. The third kappa shape index (κ3) is 6.22. The van der Waals surface area contributed by atoms with Crippen molar-refractivity contribution in [2.24, 2.45) is 4.99 Å². The number of aliphatic imine (C=N–C) groups is 1. The van der Waals surface area contributed by atoms with Crippen molar-refractivity contribution < 1.29 is 22.1 Å². The lowest BCUT2D eigenvalue weighted by atomic mass is 10.2. The molecule has 0 atom stereocenters. The lowest BCUT2D eigenvalue weighted by Gasteiger charge is -2.14. The number of amidine groups is 1. The normalized spacial score (nSPS) is 15.8. The Morgan fingerprint density at radius 1 is 1.06 bits per heavy atom. The summed E-state index contributed by atoms with van der Waals surface area (Å²) in [7, 11) is -4.15. The van der Waals surface area contributed by atoms with E-state index in [2.05, 4.69) is 10.3 Å². The Kier molecular flexibility index (Phi) is 7.94. The van der Waals surface area contributed by atoms with Gasteiger partial charge in [-0.1, -0.05) is 40.9 Å². The molecule has 36 heavy (non-hydrogen) atoms. The topological polar surface area (TPSA) is 94.1 Å². The second-order valence-electron chi connectivity index (χ2n) is 7.57. The molecule has 1 aliphatic heterocycles. The molecule has 0 saturated carbocycles. The number of carbonyl (C=O) groups excluding carboxylic acids is 1. The highest BCUT2D eigenvalue weighted by atomic mass is 35.5. The largest absolute Gasteiger partial charge is 0.490 e. The van der Waals surface area contributed by atoms with E-state index in [9.17, 15) is 13.2 Å². The summed E-state index contributed by atoms with van der Waals surface area (Å²) in [6.07, 6.45) is 1.61. The van der Waals surface area contributed by atoms with E-state index in [1.807, 2.05) is 6.92 Å². The zero-order chi connectivity index (χ0) is 25.9. The van der Waals surface area contributed by atoms with E-state index in [1.54, 1.807) is 55.5 Å². The molecule has 11 heteroatoms. The number of nitrogens with zero attached hydrogens (tertiary/aromatic N) is 1. The van der Waals surface area contributed by atoms with Crippen molar-refractivity contribution in [3.05, 3.63) is 86.7 Å². The number of nitrogens with one attached hydrogen (secondary N) is 1. The highest BCUT2D eigenvalue weighted by Crippen LogP contribution is 2.40. The van der Waals surface area contributed by atoms with Crippen LogP contribution in [0, 0.1) is 6.92 Å². The molecule has 3 aromatic carbocycles. The number of amides is 1. The Balaban J connectivity index is 1.62. The van der Waals surface area contributed by atoms with Gasteiger partial charge in [-0.2, -0.15) is 8.42 Å². The van der Waals surface area contributed by atoms with Crippen LogP contribution in [0.5, 0.6) is 11.5 Å². The molecule has 1 heterocycles. The Hall–Kier alpha value is -2.98. The van der Waals surface area contributed by atoms with E-state index in [1.165, 1.54) is 18.2 Å². The molecule has 186 valence electrons.